The van der Waals surface area contributed by atoms with E-state index in [1.54, 1.807) is 0 Å². The smallest absolute Gasteiger partial charge is 0.119 e. The van der Waals surface area contributed by atoms with Crippen LogP contribution in [0.2, 0.25) is 0 Å². The average Bonchev–Trinajstić information content (AvgIpc) is 2.82. The molecular weight excluding hydrogens is 408 g/mol. The molecule has 4 rings (SSSR count). The molecule has 0 amide bonds. The van der Waals surface area contributed by atoms with E-state index in [9.17, 15) is 0 Å². The summed E-state index contributed by atoms with van der Waals surface area (Å²) in [6.07, 6.45) is 5.38. The fraction of sp³-hybridized carbons (Fsp3) is 0.586. The molecule has 0 aromatic heterocycles. The summed E-state index contributed by atoms with van der Waals surface area (Å²) in [7, 11) is 0. The van der Waals surface area contributed by atoms with Gasteiger partial charge in [-0.3, -0.25) is 0 Å². The van der Waals surface area contributed by atoms with Crippen molar-refractivity contribution in [2.24, 2.45) is 0 Å². The van der Waals surface area contributed by atoms with Gasteiger partial charge in [-0.05, 0) is 84.6 Å². The van der Waals surface area contributed by atoms with Crippen LogP contribution in [0, 0.1) is 6.92 Å². The van der Waals surface area contributed by atoms with Gasteiger partial charge in [-0.2, -0.15) is 0 Å². The van der Waals surface area contributed by atoms with Gasteiger partial charge in [-0.1, -0.05) is 35.9 Å². The van der Waals surface area contributed by atoms with Crippen LogP contribution in [0.15, 0.2) is 54.6 Å². The lowest BCUT2D eigenvalue weighted by molar-refractivity contribution is 0.0841. The van der Waals surface area contributed by atoms with E-state index in [2.05, 4.69) is 68.7 Å². The third-order valence-corrected chi connectivity index (χ3v) is 6.78. The van der Waals surface area contributed by atoms with Crippen LogP contribution >= 0.6 is 0 Å². The molecule has 2 aliphatic rings. The number of piperidine rings is 2. The van der Waals surface area contributed by atoms with Gasteiger partial charge >= 0.3 is 0 Å². The second-order valence-electron chi connectivity index (χ2n) is 10.0. The molecule has 4 nitrogen and oxygen atoms in total. The van der Waals surface area contributed by atoms with E-state index in [1.807, 2.05) is 30.3 Å². The van der Waals surface area contributed by atoms with Crippen molar-refractivity contribution in [1.82, 2.24) is 9.80 Å². The molecular formula is C29H44N2O2. The number of rotatable bonds is 6. The highest BCUT2D eigenvalue weighted by molar-refractivity contribution is 5.26. The van der Waals surface area contributed by atoms with Crippen LogP contribution in [-0.4, -0.2) is 60.3 Å². The molecule has 4 heteroatoms. The molecule has 33 heavy (non-hydrogen) atoms. The summed E-state index contributed by atoms with van der Waals surface area (Å²) >= 11 is 0. The molecule has 2 aliphatic heterocycles. The first-order valence-electron chi connectivity index (χ1n) is 12.8. The summed E-state index contributed by atoms with van der Waals surface area (Å²) in [5.41, 5.74) is 1.28. The fourth-order valence-electron chi connectivity index (χ4n) is 4.52. The van der Waals surface area contributed by atoms with Gasteiger partial charge < -0.3 is 19.3 Å². The Bertz CT molecular complexity index is 775. The predicted octanol–water partition coefficient (Wildman–Crippen LogP) is 6.18. The molecule has 2 fully saturated rings. The number of hydrogen-bond acceptors (Lipinski definition) is 4. The highest BCUT2D eigenvalue weighted by Gasteiger charge is 2.22. The molecule has 2 saturated heterocycles. The molecule has 0 unspecified atom stereocenters. The molecule has 0 atom stereocenters. The van der Waals surface area contributed by atoms with Gasteiger partial charge in [0.15, 0.2) is 0 Å². The first kappa shape index (κ1) is 25.6. The fourth-order valence-corrected chi connectivity index (χ4v) is 4.52. The van der Waals surface area contributed by atoms with Gasteiger partial charge in [0.05, 0.1) is 0 Å². The van der Waals surface area contributed by atoms with E-state index >= 15 is 0 Å². The van der Waals surface area contributed by atoms with Gasteiger partial charge in [0.1, 0.15) is 23.7 Å². The number of nitrogens with zero attached hydrogens (tertiary/aromatic N) is 2. The largest absolute Gasteiger partial charge is 0.490 e. The Hall–Kier alpha value is -2.04. The van der Waals surface area contributed by atoms with Gasteiger partial charge in [0.25, 0.3) is 0 Å². The number of ether oxygens (including phenoxy) is 2. The van der Waals surface area contributed by atoms with E-state index in [1.165, 1.54) is 5.56 Å². The topological polar surface area (TPSA) is 24.9 Å². The van der Waals surface area contributed by atoms with Crippen LogP contribution in [0.5, 0.6) is 11.5 Å². The maximum absolute atomic E-state index is 6.01. The van der Waals surface area contributed by atoms with Crippen molar-refractivity contribution in [2.45, 2.75) is 84.6 Å². The maximum Gasteiger partial charge on any atom is 0.119 e. The normalized spacial score (nSPS) is 18.8. The summed E-state index contributed by atoms with van der Waals surface area (Å²) in [6.45, 7) is 15.8. The van der Waals surface area contributed by atoms with Crippen LogP contribution in [-0.2, 0) is 0 Å². The quantitative estimate of drug-likeness (QED) is 0.522. The van der Waals surface area contributed by atoms with E-state index < -0.39 is 0 Å². The van der Waals surface area contributed by atoms with Crippen LogP contribution < -0.4 is 9.47 Å². The van der Waals surface area contributed by atoms with Crippen LogP contribution in [0.4, 0.5) is 0 Å². The standard InChI is InChI=1S/C15H23NO.C14H21NO/c1-12(2)16-10-8-15(9-11-16)17-14-6-4-13(3)5-7-14;1-12(2)15-10-8-14(9-11-15)16-13-6-4-3-5-7-13/h4-7,12,15H,8-11H2,1-3H3;3-7,12,14H,8-11H2,1-2H3. The number of hydrogen-bond donors (Lipinski definition) is 0. The minimum Gasteiger partial charge on any atom is -0.490 e. The average molecular weight is 453 g/mol. The highest BCUT2D eigenvalue weighted by Crippen LogP contribution is 2.21. The Morgan fingerprint density at radius 1 is 0.606 bits per heavy atom. The third kappa shape index (κ3) is 8.68. The Morgan fingerprint density at radius 2 is 1.00 bits per heavy atom. The van der Waals surface area contributed by atoms with Crippen molar-refractivity contribution in [2.75, 3.05) is 26.2 Å². The molecule has 182 valence electrons. The van der Waals surface area contributed by atoms with Crippen molar-refractivity contribution >= 4 is 0 Å². The summed E-state index contributed by atoms with van der Waals surface area (Å²) in [6, 6.07) is 19.8. The number of aryl methyl sites for hydroxylation is 1. The molecule has 2 aromatic carbocycles. The first-order valence-corrected chi connectivity index (χ1v) is 12.8. The van der Waals surface area contributed by atoms with Gasteiger partial charge in [-0.15, -0.1) is 0 Å². The summed E-state index contributed by atoms with van der Waals surface area (Å²) in [5.74, 6) is 2.02. The molecule has 0 spiro atoms. The highest BCUT2D eigenvalue weighted by atomic mass is 16.5. The SMILES string of the molecule is CC(C)N1CCC(Oc2ccccc2)CC1.Cc1ccc(OC2CCN(C(C)C)CC2)cc1. The molecule has 2 heterocycles. The monoisotopic (exact) mass is 452 g/mol. The second kappa shape index (κ2) is 13.0. The third-order valence-electron chi connectivity index (χ3n) is 6.78. The summed E-state index contributed by atoms with van der Waals surface area (Å²) in [5, 5.41) is 0. The Morgan fingerprint density at radius 3 is 1.39 bits per heavy atom. The number of para-hydroxylation sites is 1. The van der Waals surface area contributed by atoms with E-state index in [4.69, 9.17) is 9.47 Å². The Kier molecular flexibility index (Phi) is 10.1. The van der Waals surface area contributed by atoms with Crippen molar-refractivity contribution < 1.29 is 9.47 Å². The zero-order valence-corrected chi connectivity index (χ0v) is 21.4. The minimum absolute atomic E-state index is 0.396. The van der Waals surface area contributed by atoms with Gasteiger partial charge in [0, 0.05) is 38.3 Å². The molecule has 0 bridgehead atoms. The van der Waals surface area contributed by atoms with E-state index in [0.717, 1.165) is 63.4 Å². The number of benzene rings is 2. The van der Waals surface area contributed by atoms with Crippen molar-refractivity contribution in [3.8, 4) is 11.5 Å². The first-order chi connectivity index (χ1) is 15.9. The predicted molar refractivity (Wildman–Crippen MR) is 138 cm³/mol. The van der Waals surface area contributed by atoms with Gasteiger partial charge in [0.2, 0.25) is 0 Å². The zero-order valence-electron chi connectivity index (χ0n) is 21.4. The van der Waals surface area contributed by atoms with E-state index in [-0.39, 0.29) is 0 Å². The van der Waals surface area contributed by atoms with Crippen molar-refractivity contribution in [3.63, 3.8) is 0 Å². The van der Waals surface area contributed by atoms with Crippen molar-refractivity contribution in [1.29, 1.82) is 0 Å². The molecule has 0 saturated carbocycles. The van der Waals surface area contributed by atoms with Gasteiger partial charge in [-0.25, -0.2) is 0 Å². The Balaban J connectivity index is 0.000000186. The minimum atomic E-state index is 0.396. The zero-order chi connectivity index (χ0) is 23.6. The molecule has 0 N–H and O–H groups in total. The summed E-state index contributed by atoms with van der Waals surface area (Å²) in [4.78, 5) is 5.04. The lowest BCUT2D eigenvalue weighted by Crippen LogP contribution is -2.41. The van der Waals surface area contributed by atoms with Crippen LogP contribution in [0.25, 0.3) is 0 Å². The Labute approximate surface area is 201 Å². The van der Waals surface area contributed by atoms with Crippen LogP contribution in [0.3, 0.4) is 0 Å². The lowest BCUT2D eigenvalue weighted by atomic mass is 10.1. The van der Waals surface area contributed by atoms with Crippen LogP contribution in [0.1, 0.15) is 58.9 Å². The number of likely N-dealkylation sites (tertiary alicyclic amines) is 2. The van der Waals surface area contributed by atoms with E-state index in [0.29, 0.717) is 24.3 Å². The molecule has 2 aromatic rings. The second-order valence-corrected chi connectivity index (χ2v) is 10.0. The maximum atomic E-state index is 6.01. The molecule has 0 aliphatic carbocycles. The molecule has 0 radical (unpaired) electrons. The lowest BCUT2D eigenvalue weighted by Gasteiger charge is -2.34. The van der Waals surface area contributed by atoms with Crippen molar-refractivity contribution in [3.05, 3.63) is 60.2 Å². The summed E-state index contributed by atoms with van der Waals surface area (Å²) < 4.78 is 12.0.